The highest BCUT2D eigenvalue weighted by Crippen LogP contribution is 2.25. The summed E-state index contributed by atoms with van der Waals surface area (Å²) >= 11 is 3.42. The van der Waals surface area contributed by atoms with Crippen LogP contribution >= 0.6 is 15.9 Å². The second kappa shape index (κ2) is 6.51. The van der Waals surface area contributed by atoms with Crippen molar-refractivity contribution in [3.05, 3.63) is 34.1 Å². The molecule has 0 aliphatic heterocycles. The molecule has 2 rings (SSSR count). The lowest BCUT2D eigenvalue weighted by atomic mass is 10.1. The maximum Gasteiger partial charge on any atom is 0.248 e. The van der Waals surface area contributed by atoms with Gasteiger partial charge in [-0.1, -0.05) is 6.07 Å². The van der Waals surface area contributed by atoms with Crippen LogP contribution in [0.5, 0.6) is 5.75 Å². The van der Waals surface area contributed by atoms with E-state index in [-0.39, 0.29) is 5.91 Å². The first-order chi connectivity index (χ1) is 9.58. The zero-order chi connectivity index (χ0) is 14.5. The van der Waals surface area contributed by atoms with Crippen molar-refractivity contribution in [3.63, 3.8) is 0 Å². The van der Waals surface area contributed by atoms with Gasteiger partial charge >= 0.3 is 0 Å². The topological polar surface area (TPSA) is 79.9 Å². The minimum absolute atomic E-state index is 0.115. The van der Waals surface area contributed by atoms with E-state index < -0.39 is 0 Å². The van der Waals surface area contributed by atoms with Crippen LogP contribution in [-0.4, -0.2) is 28.2 Å². The SMILES string of the molecule is COc1ccc(CCC(=O)Nc2n[nH]c(C)n2)cc1Br. The predicted molar refractivity (Wildman–Crippen MR) is 78.8 cm³/mol. The van der Waals surface area contributed by atoms with E-state index in [1.54, 1.807) is 14.0 Å². The van der Waals surface area contributed by atoms with Crippen LogP contribution in [0.4, 0.5) is 5.95 Å². The van der Waals surface area contributed by atoms with E-state index in [1.165, 1.54) is 0 Å². The highest BCUT2D eigenvalue weighted by Gasteiger charge is 2.07. The minimum atomic E-state index is -0.115. The van der Waals surface area contributed by atoms with Crippen molar-refractivity contribution in [3.8, 4) is 5.75 Å². The molecule has 0 saturated carbocycles. The van der Waals surface area contributed by atoms with Crippen molar-refractivity contribution in [1.82, 2.24) is 15.2 Å². The van der Waals surface area contributed by atoms with E-state index >= 15 is 0 Å². The van der Waals surface area contributed by atoms with Crippen molar-refractivity contribution in [1.29, 1.82) is 0 Å². The Morgan fingerprint density at radius 2 is 2.30 bits per heavy atom. The number of aromatic nitrogens is 3. The fraction of sp³-hybridized carbons (Fsp3) is 0.308. The van der Waals surface area contributed by atoms with Crippen LogP contribution in [0.1, 0.15) is 17.8 Å². The van der Waals surface area contributed by atoms with E-state index in [0.717, 1.165) is 15.8 Å². The molecule has 7 heteroatoms. The number of anilines is 1. The number of hydrogen-bond acceptors (Lipinski definition) is 4. The van der Waals surface area contributed by atoms with Crippen LogP contribution in [0, 0.1) is 6.92 Å². The first-order valence-corrected chi connectivity index (χ1v) is 6.89. The number of halogens is 1. The molecule has 20 heavy (non-hydrogen) atoms. The van der Waals surface area contributed by atoms with Crippen molar-refractivity contribution < 1.29 is 9.53 Å². The summed E-state index contributed by atoms with van der Waals surface area (Å²) in [5, 5.41) is 9.17. The number of ether oxygens (including phenoxy) is 1. The van der Waals surface area contributed by atoms with Gasteiger partial charge in [-0.3, -0.25) is 15.2 Å². The number of hydrogen-bond donors (Lipinski definition) is 2. The van der Waals surface area contributed by atoms with Gasteiger partial charge in [-0.15, -0.1) is 5.10 Å². The number of nitrogens with zero attached hydrogens (tertiary/aromatic N) is 2. The third-order valence-corrected chi connectivity index (χ3v) is 3.33. The van der Waals surface area contributed by atoms with E-state index in [4.69, 9.17) is 4.74 Å². The van der Waals surface area contributed by atoms with E-state index in [9.17, 15) is 4.79 Å². The molecular weight excluding hydrogens is 324 g/mol. The van der Waals surface area contributed by atoms with Crippen LogP contribution in [0.15, 0.2) is 22.7 Å². The van der Waals surface area contributed by atoms with Gasteiger partial charge in [-0.2, -0.15) is 4.98 Å². The molecule has 0 bridgehead atoms. The molecular formula is C13H15BrN4O2. The third kappa shape index (κ3) is 3.80. The molecule has 0 aliphatic rings. The van der Waals surface area contributed by atoms with Gasteiger partial charge in [-0.25, -0.2) is 0 Å². The molecule has 0 unspecified atom stereocenters. The van der Waals surface area contributed by atoms with Gasteiger partial charge in [0, 0.05) is 6.42 Å². The number of amides is 1. The Morgan fingerprint density at radius 1 is 1.50 bits per heavy atom. The molecule has 1 heterocycles. The van der Waals surface area contributed by atoms with Crippen LogP contribution in [0.25, 0.3) is 0 Å². The zero-order valence-electron chi connectivity index (χ0n) is 11.2. The molecule has 2 N–H and O–H groups in total. The Bertz CT molecular complexity index is 612. The Hall–Kier alpha value is -1.89. The van der Waals surface area contributed by atoms with Crippen molar-refractivity contribution in [2.75, 3.05) is 12.4 Å². The summed E-state index contributed by atoms with van der Waals surface area (Å²) in [7, 11) is 1.62. The number of carbonyl (C=O) groups is 1. The van der Waals surface area contributed by atoms with Gasteiger partial charge in [0.15, 0.2) is 0 Å². The van der Waals surface area contributed by atoms with Crippen molar-refractivity contribution >= 4 is 27.8 Å². The summed E-state index contributed by atoms with van der Waals surface area (Å²) in [4.78, 5) is 15.8. The van der Waals surface area contributed by atoms with E-state index in [2.05, 4.69) is 36.4 Å². The fourth-order valence-corrected chi connectivity index (χ4v) is 2.30. The number of aromatic amines is 1. The summed E-state index contributed by atoms with van der Waals surface area (Å²) in [6, 6.07) is 5.76. The Labute approximate surface area is 125 Å². The van der Waals surface area contributed by atoms with Gasteiger partial charge < -0.3 is 4.74 Å². The first-order valence-electron chi connectivity index (χ1n) is 6.10. The monoisotopic (exact) mass is 338 g/mol. The third-order valence-electron chi connectivity index (χ3n) is 2.71. The molecule has 106 valence electrons. The predicted octanol–water partition coefficient (Wildman–Crippen LogP) is 2.46. The summed E-state index contributed by atoms with van der Waals surface area (Å²) in [5.41, 5.74) is 1.05. The molecule has 1 amide bonds. The largest absolute Gasteiger partial charge is 0.496 e. The lowest BCUT2D eigenvalue weighted by Crippen LogP contribution is -2.13. The standard InChI is InChI=1S/C13H15BrN4O2/c1-8-15-13(18-17-8)16-12(19)6-4-9-3-5-11(20-2)10(14)7-9/h3,5,7H,4,6H2,1-2H3,(H2,15,16,17,18,19). The lowest BCUT2D eigenvalue weighted by Gasteiger charge is -2.06. The second-order valence-corrected chi connectivity index (χ2v) is 5.12. The van der Waals surface area contributed by atoms with Gasteiger partial charge in [0.2, 0.25) is 11.9 Å². The van der Waals surface area contributed by atoms with E-state index in [1.807, 2.05) is 18.2 Å². The highest BCUT2D eigenvalue weighted by atomic mass is 79.9. The molecule has 0 aliphatic carbocycles. The average Bonchev–Trinajstić information content (AvgIpc) is 2.82. The number of rotatable bonds is 5. The lowest BCUT2D eigenvalue weighted by molar-refractivity contribution is -0.116. The number of nitrogens with one attached hydrogen (secondary N) is 2. The number of carbonyl (C=O) groups excluding carboxylic acids is 1. The summed E-state index contributed by atoms with van der Waals surface area (Å²) in [6.07, 6.45) is 1.00. The molecule has 2 aromatic rings. The summed E-state index contributed by atoms with van der Waals surface area (Å²) < 4.78 is 6.04. The zero-order valence-corrected chi connectivity index (χ0v) is 12.8. The molecule has 0 fully saturated rings. The molecule has 0 atom stereocenters. The van der Waals surface area contributed by atoms with Crippen molar-refractivity contribution in [2.24, 2.45) is 0 Å². The normalized spacial score (nSPS) is 10.3. The molecule has 0 saturated heterocycles. The quantitative estimate of drug-likeness (QED) is 0.877. The molecule has 0 radical (unpaired) electrons. The number of methoxy groups -OCH3 is 1. The highest BCUT2D eigenvalue weighted by molar-refractivity contribution is 9.10. The van der Waals surface area contributed by atoms with Crippen LogP contribution in [0.2, 0.25) is 0 Å². The molecule has 0 spiro atoms. The van der Waals surface area contributed by atoms with Crippen LogP contribution in [0.3, 0.4) is 0 Å². The smallest absolute Gasteiger partial charge is 0.248 e. The first kappa shape index (κ1) is 14.5. The molecule has 6 nitrogen and oxygen atoms in total. The van der Waals surface area contributed by atoms with Gasteiger partial charge in [-0.05, 0) is 47.0 Å². The summed E-state index contributed by atoms with van der Waals surface area (Å²) in [6.45, 7) is 1.78. The van der Waals surface area contributed by atoms with E-state index in [0.29, 0.717) is 24.6 Å². The molecule has 1 aromatic carbocycles. The number of H-pyrrole nitrogens is 1. The minimum Gasteiger partial charge on any atom is -0.496 e. The fourth-order valence-electron chi connectivity index (χ4n) is 1.71. The van der Waals surface area contributed by atoms with Gasteiger partial charge in [0.1, 0.15) is 11.6 Å². The Morgan fingerprint density at radius 3 is 2.90 bits per heavy atom. The maximum atomic E-state index is 11.8. The molecule has 1 aromatic heterocycles. The Kier molecular flexibility index (Phi) is 4.73. The Balaban J connectivity index is 1.88. The van der Waals surface area contributed by atoms with Crippen molar-refractivity contribution in [2.45, 2.75) is 19.8 Å². The second-order valence-electron chi connectivity index (χ2n) is 4.26. The van der Waals surface area contributed by atoms with Gasteiger partial charge in [0.25, 0.3) is 0 Å². The average molecular weight is 339 g/mol. The number of aryl methyl sites for hydroxylation is 2. The van der Waals surface area contributed by atoms with Gasteiger partial charge in [0.05, 0.1) is 11.6 Å². The number of benzene rings is 1. The maximum absolute atomic E-state index is 11.8. The van der Waals surface area contributed by atoms with Crippen LogP contribution < -0.4 is 10.1 Å². The van der Waals surface area contributed by atoms with Crippen LogP contribution in [-0.2, 0) is 11.2 Å². The summed E-state index contributed by atoms with van der Waals surface area (Å²) in [5.74, 6) is 1.63.